The molecule has 1 fully saturated rings. The zero-order valence-corrected chi connectivity index (χ0v) is 13.7. The summed E-state index contributed by atoms with van der Waals surface area (Å²) < 4.78 is 6.06. The minimum Gasteiger partial charge on any atom is -0.377 e. The van der Waals surface area contributed by atoms with Crippen LogP contribution in [0.3, 0.4) is 0 Å². The summed E-state index contributed by atoms with van der Waals surface area (Å²) in [6.45, 7) is 13.1. The quantitative estimate of drug-likeness (QED) is 0.711. The summed E-state index contributed by atoms with van der Waals surface area (Å²) in [7, 11) is 0. The molecule has 0 aliphatic heterocycles. The standard InChI is InChI=1S/C17H35NO/c1-6-14-9-11-15(12-10-14)16(18-7-2)17(13(4)5)19-8-3/h13-18H,6-12H2,1-5H3. The zero-order chi connectivity index (χ0) is 14.3. The SMILES string of the molecule is CCNC(C1CCC(CC)CC1)C(OCC)C(C)C. The molecule has 0 bridgehead atoms. The predicted molar refractivity (Wildman–Crippen MR) is 83.5 cm³/mol. The highest BCUT2D eigenvalue weighted by Gasteiger charge is 2.33. The lowest BCUT2D eigenvalue weighted by Gasteiger charge is -2.39. The summed E-state index contributed by atoms with van der Waals surface area (Å²) in [5.74, 6) is 2.37. The van der Waals surface area contributed by atoms with Crippen molar-refractivity contribution in [2.24, 2.45) is 17.8 Å². The Balaban J connectivity index is 2.64. The van der Waals surface area contributed by atoms with Crippen molar-refractivity contribution in [3.05, 3.63) is 0 Å². The molecule has 0 aromatic carbocycles. The minimum atomic E-state index is 0.369. The lowest BCUT2D eigenvalue weighted by Crippen LogP contribution is -2.49. The number of ether oxygens (including phenoxy) is 1. The molecule has 1 aliphatic carbocycles. The Hall–Kier alpha value is -0.0800. The molecule has 0 spiro atoms. The maximum absolute atomic E-state index is 6.06. The molecule has 114 valence electrons. The van der Waals surface area contributed by atoms with Crippen LogP contribution in [0, 0.1) is 17.8 Å². The molecule has 19 heavy (non-hydrogen) atoms. The van der Waals surface area contributed by atoms with Crippen molar-refractivity contribution in [2.45, 2.75) is 78.9 Å². The highest BCUT2D eigenvalue weighted by molar-refractivity contribution is 4.88. The van der Waals surface area contributed by atoms with Gasteiger partial charge in [0, 0.05) is 12.6 Å². The van der Waals surface area contributed by atoms with E-state index >= 15 is 0 Å². The van der Waals surface area contributed by atoms with E-state index in [4.69, 9.17) is 4.74 Å². The normalized spacial score (nSPS) is 27.5. The highest BCUT2D eigenvalue weighted by atomic mass is 16.5. The Bertz CT molecular complexity index is 221. The molecule has 2 heteroatoms. The summed E-state index contributed by atoms with van der Waals surface area (Å²) in [4.78, 5) is 0. The van der Waals surface area contributed by atoms with Gasteiger partial charge in [-0.25, -0.2) is 0 Å². The van der Waals surface area contributed by atoms with Gasteiger partial charge in [-0.3, -0.25) is 0 Å². The van der Waals surface area contributed by atoms with E-state index in [0.717, 1.165) is 25.0 Å². The van der Waals surface area contributed by atoms with Gasteiger partial charge >= 0.3 is 0 Å². The van der Waals surface area contributed by atoms with Crippen LogP contribution in [0.2, 0.25) is 0 Å². The first kappa shape index (κ1) is 17.0. The second-order valence-corrected chi connectivity index (χ2v) is 6.44. The fraction of sp³-hybridized carbons (Fsp3) is 1.00. The van der Waals surface area contributed by atoms with Gasteiger partial charge in [-0.2, -0.15) is 0 Å². The van der Waals surface area contributed by atoms with Crippen molar-refractivity contribution in [3.63, 3.8) is 0 Å². The molecule has 1 aliphatic rings. The van der Waals surface area contributed by atoms with Crippen molar-refractivity contribution in [1.82, 2.24) is 5.32 Å². The fourth-order valence-electron chi connectivity index (χ4n) is 3.65. The zero-order valence-electron chi connectivity index (χ0n) is 13.7. The van der Waals surface area contributed by atoms with Crippen molar-refractivity contribution in [3.8, 4) is 0 Å². The van der Waals surface area contributed by atoms with Gasteiger partial charge in [-0.05, 0) is 44.1 Å². The first-order chi connectivity index (χ1) is 9.13. The number of nitrogens with one attached hydrogen (secondary N) is 1. The summed E-state index contributed by atoms with van der Waals surface area (Å²) in [5.41, 5.74) is 0. The van der Waals surface area contributed by atoms with E-state index < -0.39 is 0 Å². The van der Waals surface area contributed by atoms with E-state index in [1.165, 1.54) is 32.1 Å². The van der Waals surface area contributed by atoms with E-state index in [1.807, 2.05) is 0 Å². The first-order valence-electron chi connectivity index (χ1n) is 8.48. The van der Waals surface area contributed by atoms with Gasteiger partial charge in [0.15, 0.2) is 0 Å². The van der Waals surface area contributed by atoms with E-state index in [9.17, 15) is 0 Å². The summed E-state index contributed by atoms with van der Waals surface area (Å²) in [6, 6.07) is 0.544. The molecular weight excluding hydrogens is 234 g/mol. The van der Waals surface area contributed by atoms with Crippen molar-refractivity contribution in [1.29, 1.82) is 0 Å². The monoisotopic (exact) mass is 269 g/mol. The Morgan fingerprint density at radius 2 is 1.68 bits per heavy atom. The Kier molecular flexibility index (Phi) is 8.01. The second kappa shape index (κ2) is 8.97. The molecule has 0 saturated heterocycles. The largest absolute Gasteiger partial charge is 0.377 e. The molecule has 0 aromatic heterocycles. The van der Waals surface area contributed by atoms with Crippen LogP contribution in [-0.4, -0.2) is 25.3 Å². The predicted octanol–water partition coefficient (Wildman–Crippen LogP) is 4.24. The van der Waals surface area contributed by atoms with E-state index in [1.54, 1.807) is 0 Å². The lowest BCUT2D eigenvalue weighted by atomic mass is 9.75. The molecule has 1 saturated carbocycles. The van der Waals surface area contributed by atoms with Crippen LogP contribution in [-0.2, 0) is 4.74 Å². The van der Waals surface area contributed by atoms with Gasteiger partial charge in [0.05, 0.1) is 6.10 Å². The molecular formula is C17H35NO. The van der Waals surface area contributed by atoms with E-state index in [0.29, 0.717) is 18.1 Å². The summed E-state index contributed by atoms with van der Waals surface area (Å²) in [6.07, 6.45) is 7.32. The fourth-order valence-corrected chi connectivity index (χ4v) is 3.65. The Morgan fingerprint density at radius 1 is 1.05 bits per heavy atom. The molecule has 1 rings (SSSR count). The lowest BCUT2D eigenvalue weighted by molar-refractivity contribution is -0.0184. The first-order valence-corrected chi connectivity index (χ1v) is 8.48. The van der Waals surface area contributed by atoms with Crippen molar-refractivity contribution < 1.29 is 4.74 Å². The average Bonchev–Trinajstić information content (AvgIpc) is 2.42. The van der Waals surface area contributed by atoms with Crippen LogP contribution < -0.4 is 5.32 Å². The van der Waals surface area contributed by atoms with Gasteiger partial charge in [0.1, 0.15) is 0 Å². The summed E-state index contributed by atoms with van der Waals surface area (Å²) >= 11 is 0. The number of hydrogen-bond acceptors (Lipinski definition) is 2. The van der Waals surface area contributed by atoms with E-state index in [2.05, 4.69) is 39.9 Å². The number of likely N-dealkylation sites (N-methyl/N-ethyl adjacent to an activating group) is 1. The molecule has 2 atom stereocenters. The van der Waals surface area contributed by atoms with Crippen LogP contribution in [0.15, 0.2) is 0 Å². The topological polar surface area (TPSA) is 21.3 Å². The third-order valence-corrected chi connectivity index (χ3v) is 4.79. The molecule has 2 unspecified atom stereocenters. The van der Waals surface area contributed by atoms with Crippen LogP contribution in [0.1, 0.15) is 66.7 Å². The van der Waals surface area contributed by atoms with Gasteiger partial charge in [0.2, 0.25) is 0 Å². The van der Waals surface area contributed by atoms with Crippen LogP contribution >= 0.6 is 0 Å². The van der Waals surface area contributed by atoms with Gasteiger partial charge in [0.25, 0.3) is 0 Å². The van der Waals surface area contributed by atoms with Crippen molar-refractivity contribution >= 4 is 0 Å². The molecule has 2 nitrogen and oxygen atoms in total. The molecule has 0 heterocycles. The van der Waals surface area contributed by atoms with Gasteiger partial charge in [-0.1, -0.05) is 47.0 Å². The highest BCUT2D eigenvalue weighted by Crippen LogP contribution is 2.34. The summed E-state index contributed by atoms with van der Waals surface area (Å²) in [5, 5.41) is 3.73. The van der Waals surface area contributed by atoms with E-state index in [-0.39, 0.29) is 0 Å². The maximum Gasteiger partial charge on any atom is 0.0753 e. The smallest absolute Gasteiger partial charge is 0.0753 e. The van der Waals surface area contributed by atoms with Crippen molar-refractivity contribution in [2.75, 3.05) is 13.2 Å². The molecule has 0 aromatic rings. The maximum atomic E-state index is 6.06. The van der Waals surface area contributed by atoms with Crippen LogP contribution in [0.25, 0.3) is 0 Å². The average molecular weight is 269 g/mol. The number of hydrogen-bond donors (Lipinski definition) is 1. The van der Waals surface area contributed by atoms with Gasteiger partial charge in [-0.15, -0.1) is 0 Å². The molecule has 0 radical (unpaired) electrons. The number of rotatable bonds is 8. The van der Waals surface area contributed by atoms with Gasteiger partial charge < -0.3 is 10.1 Å². The Labute approximate surface area is 120 Å². The third-order valence-electron chi connectivity index (χ3n) is 4.79. The molecule has 0 amide bonds. The second-order valence-electron chi connectivity index (χ2n) is 6.44. The third kappa shape index (κ3) is 5.07. The van der Waals surface area contributed by atoms with Crippen LogP contribution in [0.4, 0.5) is 0 Å². The van der Waals surface area contributed by atoms with Crippen LogP contribution in [0.5, 0.6) is 0 Å². The Morgan fingerprint density at radius 3 is 2.11 bits per heavy atom. The molecule has 1 N–H and O–H groups in total. The minimum absolute atomic E-state index is 0.369.